The molecule has 2 atom stereocenters. The lowest BCUT2D eigenvalue weighted by Crippen LogP contribution is -2.45. The Hall–Kier alpha value is -2.02. The predicted octanol–water partition coefficient (Wildman–Crippen LogP) is 1.66. The van der Waals surface area contributed by atoms with Crippen LogP contribution in [0, 0.1) is 5.92 Å². The molecule has 1 aliphatic heterocycles. The highest BCUT2D eigenvalue weighted by molar-refractivity contribution is 5.81. The number of aliphatic hydroxyl groups is 1. The molecule has 1 aromatic rings. The van der Waals surface area contributed by atoms with E-state index >= 15 is 0 Å². The van der Waals surface area contributed by atoms with Crippen molar-refractivity contribution in [2.75, 3.05) is 26.2 Å². The Morgan fingerprint density at radius 3 is 2.92 bits per heavy atom. The third-order valence-corrected chi connectivity index (χ3v) is 5.18. The molecule has 2 heterocycles. The largest absolute Gasteiger partial charge is 0.467 e. The Morgan fingerprint density at radius 1 is 1.42 bits per heavy atom. The molecule has 0 aromatic carbocycles. The standard InChI is InChI=1S/C19H30N4O3/c1-2-20-19(21-12-16(24)17-8-5-11-26-17)22-15-9-10-23(13-15)18(25)14-6-3-4-7-14/h5,8,11,14-16,24H,2-4,6-7,9-10,12-13H2,1H3,(H2,20,21,22). The highest BCUT2D eigenvalue weighted by Crippen LogP contribution is 2.27. The van der Waals surface area contributed by atoms with Crippen LogP contribution in [0.5, 0.6) is 0 Å². The minimum absolute atomic E-state index is 0.193. The minimum Gasteiger partial charge on any atom is -0.467 e. The van der Waals surface area contributed by atoms with Gasteiger partial charge in [0, 0.05) is 31.6 Å². The van der Waals surface area contributed by atoms with Gasteiger partial charge in [0.25, 0.3) is 0 Å². The van der Waals surface area contributed by atoms with Gasteiger partial charge in [0.05, 0.1) is 12.8 Å². The molecular formula is C19H30N4O3. The van der Waals surface area contributed by atoms with Gasteiger partial charge in [0.15, 0.2) is 5.96 Å². The molecule has 1 aliphatic carbocycles. The van der Waals surface area contributed by atoms with Crippen LogP contribution in [-0.4, -0.2) is 54.1 Å². The lowest BCUT2D eigenvalue weighted by Gasteiger charge is -2.21. The van der Waals surface area contributed by atoms with Gasteiger partial charge in [-0.3, -0.25) is 9.79 Å². The maximum Gasteiger partial charge on any atom is 0.225 e. The quantitative estimate of drug-likeness (QED) is 0.529. The summed E-state index contributed by atoms with van der Waals surface area (Å²) in [4.78, 5) is 19.0. The molecule has 0 radical (unpaired) electrons. The first-order chi connectivity index (χ1) is 12.7. The first kappa shape index (κ1) is 18.8. The number of likely N-dealkylation sites (tertiary alicyclic amines) is 1. The number of guanidine groups is 1. The van der Waals surface area contributed by atoms with Crippen molar-refractivity contribution >= 4 is 11.9 Å². The summed E-state index contributed by atoms with van der Waals surface area (Å²) >= 11 is 0. The Bertz CT molecular complexity index is 596. The number of nitrogens with one attached hydrogen (secondary N) is 2. The van der Waals surface area contributed by atoms with Crippen molar-refractivity contribution in [2.24, 2.45) is 10.9 Å². The molecule has 3 rings (SSSR count). The van der Waals surface area contributed by atoms with Gasteiger partial charge in [-0.15, -0.1) is 0 Å². The van der Waals surface area contributed by atoms with Crippen LogP contribution in [0.1, 0.15) is 50.9 Å². The van der Waals surface area contributed by atoms with Crippen LogP contribution in [0.25, 0.3) is 0 Å². The molecule has 2 unspecified atom stereocenters. The maximum atomic E-state index is 12.6. The average molecular weight is 362 g/mol. The fourth-order valence-corrected chi connectivity index (χ4v) is 3.77. The highest BCUT2D eigenvalue weighted by Gasteiger charge is 2.32. The van der Waals surface area contributed by atoms with E-state index in [2.05, 4.69) is 15.6 Å². The maximum absolute atomic E-state index is 12.6. The van der Waals surface area contributed by atoms with E-state index in [1.165, 1.54) is 12.8 Å². The van der Waals surface area contributed by atoms with Gasteiger partial charge in [0.1, 0.15) is 11.9 Å². The van der Waals surface area contributed by atoms with Crippen molar-refractivity contribution in [2.45, 2.75) is 51.2 Å². The second-order valence-corrected chi connectivity index (χ2v) is 7.15. The summed E-state index contributed by atoms with van der Waals surface area (Å²) in [6, 6.07) is 3.68. The molecule has 3 N–H and O–H groups in total. The van der Waals surface area contributed by atoms with E-state index in [0.29, 0.717) is 17.6 Å². The number of carbonyl (C=O) groups excluding carboxylic acids is 1. The molecular weight excluding hydrogens is 332 g/mol. The molecule has 144 valence electrons. The normalized spacial score (nSPS) is 22.6. The smallest absolute Gasteiger partial charge is 0.225 e. The lowest BCUT2D eigenvalue weighted by atomic mass is 10.1. The van der Waals surface area contributed by atoms with Crippen LogP contribution in [0.15, 0.2) is 27.8 Å². The van der Waals surface area contributed by atoms with Gasteiger partial charge in [-0.1, -0.05) is 12.8 Å². The summed E-state index contributed by atoms with van der Waals surface area (Å²) in [5.41, 5.74) is 0. The third kappa shape index (κ3) is 4.78. The number of carbonyl (C=O) groups is 1. The van der Waals surface area contributed by atoms with E-state index in [1.807, 2.05) is 11.8 Å². The van der Waals surface area contributed by atoms with E-state index in [4.69, 9.17) is 4.42 Å². The number of hydrogen-bond acceptors (Lipinski definition) is 4. The molecule has 2 aliphatic rings. The van der Waals surface area contributed by atoms with Crippen molar-refractivity contribution < 1.29 is 14.3 Å². The van der Waals surface area contributed by atoms with Gasteiger partial charge >= 0.3 is 0 Å². The first-order valence-electron chi connectivity index (χ1n) is 9.72. The zero-order valence-corrected chi connectivity index (χ0v) is 15.5. The van der Waals surface area contributed by atoms with E-state index in [-0.39, 0.29) is 18.5 Å². The molecule has 1 amide bonds. The summed E-state index contributed by atoms with van der Waals surface area (Å²) in [6.45, 7) is 4.49. The van der Waals surface area contributed by atoms with E-state index in [0.717, 1.165) is 38.9 Å². The second-order valence-electron chi connectivity index (χ2n) is 7.15. The summed E-state index contributed by atoms with van der Waals surface area (Å²) < 4.78 is 5.21. The van der Waals surface area contributed by atoms with Crippen molar-refractivity contribution in [3.8, 4) is 0 Å². The zero-order valence-electron chi connectivity index (χ0n) is 15.5. The van der Waals surface area contributed by atoms with E-state index in [9.17, 15) is 9.90 Å². The fourth-order valence-electron chi connectivity index (χ4n) is 3.77. The molecule has 1 aromatic heterocycles. The predicted molar refractivity (Wildman–Crippen MR) is 99.7 cm³/mol. The number of rotatable bonds is 6. The van der Waals surface area contributed by atoms with Crippen LogP contribution >= 0.6 is 0 Å². The summed E-state index contributed by atoms with van der Waals surface area (Å²) in [5.74, 6) is 1.73. The van der Waals surface area contributed by atoms with Crippen LogP contribution in [0.3, 0.4) is 0 Å². The van der Waals surface area contributed by atoms with Gasteiger partial charge < -0.3 is 25.1 Å². The second kappa shape index (κ2) is 9.07. The fraction of sp³-hybridized carbons (Fsp3) is 0.684. The summed E-state index contributed by atoms with van der Waals surface area (Å²) in [6.07, 6.45) is 6.15. The number of nitrogens with zero attached hydrogens (tertiary/aromatic N) is 2. The zero-order chi connectivity index (χ0) is 18.4. The summed E-state index contributed by atoms with van der Waals surface area (Å²) in [5, 5.41) is 16.7. The van der Waals surface area contributed by atoms with Gasteiger partial charge in [-0.05, 0) is 38.3 Å². The van der Waals surface area contributed by atoms with Crippen LogP contribution < -0.4 is 10.6 Å². The SMILES string of the molecule is CCNC(=NCC(O)c1ccco1)NC1CCN(C(=O)C2CCCC2)C1. The lowest BCUT2D eigenvalue weighted by molar-refractivity contribution is -0.134. The molecule has 7 heteroatoms. The van der Waals surface area contributed by atoms with Crippen LogP contribution in [0.2, 0.25) is 0 Å². The Labute approximate surface area is 154 Å². The van der Waals surface area contributed by atoms with E-state index in [1.54, 1.807) is 18.4 Å². The number of furan rings is 1. The van der Waals surface area contributed by atoms with Crippen molar-refractivity contribution in [3.05, 3.63) is 24.2 Å². The highest BCUT2D eigenvalue weighted by atomic mass is 16.4. The molecule has 7 nitrogen and oxygen atoms in total. The molecule has 1 saturated carbocycles. The average Bonchev–Trinajstić information content (AvgIpc) is 3.41. The Kier molecular flexibility index (Phi) is 6.55. The molecule has 0 bridgehead atoms. The van der Waals surface area contributed by atoms with Crippen LogP contribution in [-0.2, 0) is 4.79 Å². The molecule has 0 spiro atoms. The van der Waals surface area contributed by atoms with Crippen molar-refractivity contribution in [1.29, 1.82) is 0 Å². The van der Waals surface area contributed by atoms with Crippen LogP contribution in [0.4, 0.5) is 0 Å². The Morgan fingerprint density at radius 2 is 2.23 bits per heavy atom. The summed E-state index contributed by atoms with van der Waals surface area (Å²) in [7, 11) is 0. The minimum atomic E-state index is -0.760. The van der Waals surface area contributed by atoms with Crippen molar-refractivity contribution in [1.82, 2.24) is 15.5 Å². The van der Waals surface area contributed by atoms with Crippen molar-refractivity contribution in [3.63, 3.8) is 0 Å². The van der Waals surface area contributed by atoms with Gasteiger partial charge in [-0.2, -0.15) is 0 Å². The molecule has 1 saturated heterocycles. The van der Waals surface area contributed by atoms with E-state index < -0.39 is 6.10 Å². The van der Waals surface area contributed by atoms with Gasteiger partial charge in [-0.25, -0.2) is 0 Å². The number of aliphatic hydroxyl groups excluding tert-OH is 1. The topological polar surface area (TPSA) is 90.1 Å². The first-order valence-corrected chi connectivity index (χ1v) is 9.72. The number of aliphatic imine (C=N–C) groups is 1. The molecule has 26 heavy (non-hydrogen) atoms. The third-order valence-electron chi connectivity index (χ3n) is 5.18. The van der Waals surface area contributed by atoms with Gasteiger partial charge in [0.2, 0.25) is 5.91 Å². The number of amides is 1. The Balaban J connectivity index is 1.51. The number of hydrogen-bond donors (Lipinski definition) is 3. The monoisotopic (exact) mass is 362 g/mol. The molecule has 2 fully saturated rings.